The SMILES string of the molecule is CC(C)c1ccc(OCc2nnc(SCC(=O)N3C[C@@H](C)O[C@H](C)C3)n2N)cc1. The zero-order valence-electron chi connectivity index (χ0n) is 17.4. The number of hydrogen-bond acceptors (Lipinski definition) is 7. The Kier molecular flexibility index (Phi) is 7.02. The number of benzene rings is 1. The van der Waals surface area contributed by atoms with Gasteiger partial charge < -0.3 is 20.2 Å². The summed E-state index contributed by atoms with van der Waals surface area (Å²) in [5, 5.41) is 8.66. The highest BCUT2D eigenvalue weighted by atomic mass is 32.2. The maximum absolute atomic E-state index is 12.5. The number of rotatable bonds is 7. The van der Waals surface area contributed by atoms with Gasteiger partial charge >= 0.3 is 0 Å². The molecule has 1 aliphatic rings. The summed E-state index contributed by atoms with van der Waals surface area (Å²) in [6, 6.07) is 7.97. The molecule has 0 radical (unpaired) electrons. The fourth-order valence-corrected chi connectivity index (χ4v) is 3.98. The maximum atomic E-state index is 12.5. The van der Waals surface area contributed by atoms with E-state index in [0.29, 0.717) is 30.0 Å². The molecule has 2 atom stereocenters. The Morgan fingerprint density at radius 2 is 1.90 bits per heavy atom. The molecule has 0 saturated carbocycles. The van der Waals surface area contributed by atoms with Gasteiger partial charge in [0.1, 0.15) is 12.4 Å². The summed E-state index contributed by atoms with van der Waals surface area (Å²) in [7, 11) is 0. The molecule has 3 rings (SSSR count). The van der Waals surface area contributed by atoms with Crippen molar-refractivity contribution in [3.63, 3.8) is 0 Å². The van der Waals surface area contributed by atoms with Gasteiger partial charge in [-0.15, -0.1) is 10.2 Å². The largest absolute Gasteiger partial charge is 0.486 e. The highest BCUT2D eigenvalue weighted by Gasteiger charge is 2.26. The van der Waals surface area contributed by atoms with Gasteiger partial charge in [0.15, 0.2) is 5.82 Å². The van der Waals surface area contributed by atoms with E-state index in [0.717, 1.165) is 5.75 Å². The number of nitrogens with zero attached hydrogens (tertiary/aromatic N) is 4. The molecule has 2 aromatic rings. The van der Waals surface area contributed by atoms with Gasteiger partial charge in [0.25, 0.3) is 0 Å². The zero-order valence-corrected chi connectivity index (χ0v) is 18.2. The van der Waals surface area contributed by atoms with Crippen molar-refractivity contribution >= 4 is 17.7 Å². The van der Waals surface area contributed by atoms with Gasteiger partial charge in [-0.25, -0.2) is 4.68 Å². The molecular weight excluding hydrogens is 390 g/mol. The monoisotopic (exact) mass is 419 g/mol. The molecule has 8 nitrogen and oxygen atoms in total. The lowest BCUT2D eigenvalue weighted by molar-refractivity contribution is -0.140. The van der Waals surface area contributed by atoms with Crippen LogP contribution in [0.2, 0.25) is 0 Å². The van der Waals surface area contributed by atoms with Crippen LogP contribution in [-0.4, -0.2) is 56.7 Å². The van der Waals surface area contributed by atoms with E-state index in [1.54, 1.807) is 0 Å². The first-order valence-corrected chi connectivity index (χ1v) is 10.8. The highest BCUT2D eigenvalue weighted by Crippen LogP contribution is 2.21. The second-order valence-electron chi connectivity index (χ2n) is 7.63. The van der Waals surface area contributed by atoms with Gasteiger partial charge in [0.2, 0.25) is 11.1 Å². The summed E-state index contributed by atoms with van der Waals surface area (Å²) < 4.78 is 12.8. The molecule has 1 fully saturated rings. The topological polar surface area (TPSA) is 95.5 Å². The molecule has 0 unspecified atom stereocenters. The van der Waals surface area contributed by atoms with E-state index >= 15 is 0 Å². The molecule has 0 spiro atoms. The molecular formula is C20H29N5O3S. The lowest BCUT2D eigenvalue weighted by Crippen LogP contribution is -2.48. The number of morpholine rings is 1. The smallest absolute Gasteiger partial charge is 0.233 e. The van der Waals surface area contributed by atoms with Crippen molar-refractivity contribution in [1.82, 2.24) is 19.8 Å². The number of aromatic nitrogens is 3. The summed E-state index contributed by atoms with van der Waals surface area (Å²) in [5.41, 5.74) is 1.26. The highest BCUT2D eigenvalue weighted by molar-refractivity contribution is 7.99. The van der Waals surface area contributed by atoms with Crippen LogP contribution >= 0.6 is 11.8 Å². The minimum Gasteiger partial charge on any atom is -0.486 e. The molecule has 0 bridgehead atoms. The molecule has 9 heteroatoms. The summed E-state index contributed by atoms with van der Waals surface area (Å²) in [5.74, 6) is 8.11. The third-order valence-corrected chi connectivity index (χ3v) is 5.67. The number of thioether (sulfide) groups is 1. The molecule has 1 aliphatic heterocycles. The van der Waals surface area contributed by atoms with Crippen LogP contribution < -0.4 is 10.6 Å². The van der Waals surface area contributed by atoms with Crippen molar-refractivity contribution < 1.29 is 14.3 Å². The van der Waals surface area contributed by atoms with E-state index in [2.05, 4.69) is 24.0 Å². The van der Waals surface area contributed by atoms with Crippen molar-refractivity contribution in [3.05, 3.63) is 35.7 Å². The normalized spacial score (nSPS) is 19.6. The molecule has 1 amide bonds. The van der Waals surface area contributed by atoms with E-state index < -0.39 is 0 Å². The number of carbonyl (C=O) groups is 1. The molecule has 2 heterocycles. The maximum Gasteiger partial charge on any atom is 0.233 e. The Balaban J connectivity index is 1.52. The average Bonchev–Trinajstić information content (AvgIpc) is 3.03. The van der Waals surface area contributed by atoms with E-state index in [-0.39, 0.29) is 30.5 Å². The number of ether oxygens (including phenoxy) is 2. The van der Waals surface area contributed by atoms with Crippen molar-refractivity contribution in [2.24, 2.45) is 0 Å². The zero-order chi connectivity index (χ0) is 21.0. The van der Waals surface area contributed by atoms with Crippen molar-refractivity contribution in [2.75, 3.05) is 24.7 Å². The van der Waals surface area contributed by atoms with Crippen molar-refractivity contribution in [1.29, 1.82) is 0 Å². The minimum absolute atomic E-state index is 0.0445. The summed E-state index contributed by atoms with van der Waals surface area (Å²) >= 11 is 1.28. The number of hydrogen-bond donors (Lipinski definition) is 1. The van der Waals surface area contributed by atoms with Crippen LogP contribution in [0.25, 0.3) is 0 Å². The quantitative estimate of drug-likeness (QED) is 0.544. The van der Waals surface area contributed by atoms with Crippen LogP contribution in [0.4, 0.5) is 0 Å². The molecule has 1 aromatic heterocycles. The van der Waals surface area contributed by atoms with Crippen LogP contribution in [0, 0.1) is 0 Å². The standard InChI is InChI=1S/C20H29N5O3S/c1-13(2)16-5-7-17(8-6-16)27-11-18-22-23-20(25(18)21)29-12-19(26)24-9-14(3)28-15(4)10-24/h5-8,13-15H,9-12,21H2,1-4H3/t14-,15-/m1/s1. The lowest BCUT2D eigenvalue weighted by Gasteiger charge is -2.35. The summed E-state index contributed by atoms with van der Waals surface area (Å²) in [4.78, 5) is 14.3. The van der Waals surface area contributed by atoms with E-state index in [9.17, 15) is 4.79 Å². The molecule has 2 N–H and O–H groups in total. The fourth-order valence-electron chi connectivity index (χ4n) is 3.20. The Bertz CT molecular complexity index is 814. The molecule has 29 heavy (non-hydrogen) atoms. The van der Waals surface area contributed by atoms with Gasteiger partial charge in [-0.3, -0.25) is 4.79 Å². The van der Waals surface area contributed by atoms with Crippen molar-refractivity contribution in [2.45, 2.75) is 57.6 Å². The number of nitrogens with two attached hydrogens (primary N) is 1. The molecule has 0 aliphatic carbocycles. The minimum atomic E-state index is 0.0445. The Morgan fingerprint density at radius 1 is 1.24 bits per heavy atom. The first kappa shape index (κ1) is 21.4. The van der Waals surface area contributed by atoms with Gasteiger partial charge in [-0.2, -0.15) is 0 Å². The van der Waals surface area contributed by atoms with E-state index in [1.165, 1.54) is 22.0 Å². The average molecular weight is 420 g/mol. The van der Waals surface area contributed by atoms with Crippen molar-refractivity contribution in [3.8, 4) is 5.75 Å². The summed E-state index contributed by atoms with van der Waals surface area (Å²) in [6.07, 6.45) is 0.0911. The Labute approximate surface area is 175 Å². The van der Waals surface area contributed by atoms with E-state index in [4.69, 9.17) is 15.3 Å². The van der Waals surface area contributed by atoms with Gasteiger partial charge in [-0.1, -0.05) is 37.7 Å². The predicted molar refractivity (Wildman–Crippen MR) is 112 cm³/mol. The molecule has 158 valence electrons. The third kappa shape index (κ3) is 5.63. The second kappa shape index (κ2) is 9.49. The van der Waals surface area contributed by atoms with Crippen LogP contribution in [0.1, 0.15) is 45.0 Å². The third-order valence-electron chi connectivity index (χ3n) is 4.75. The van der Waals surface area contributed by atoms with Gasteiger partial charge in [-0.05, 0) is 37.5 Å². The van der Waals surface area contributed by atoms with Crippen LogP contribution in [0.15, 0.2) is 29.4 Å². The Hall–Kier alpha value is -2.26. The first-order valence-electron chi connectivity index (χ1n) is 9.81. The number of carbonyl (C=O) groups excluding carboxylic acids is 1. The Morgan fingerprint density at radius 3 is 2.52 bits per heavy atom. The second-order valence-corrected chi connectivity index (χ2v) is 8.57. The number of nitrogen functional groups attached to an aromatic ring is 1. The molecule has 1 saturated heterocycles. The van der Waals surface area contributed by atoms with Crippen LogP contribution in [-0.2, 0) is 16.1 Å². The van der Waals surface area contributed by atoms with Crippen LogP contribution in [0.5, 0.6) is 5.75 Å². The fraction of sp³-hybridized carbons (Fsp3) is 0.550. The van der Waals surface area contributed by atoms with Gasteiger partial charge in [0.05, 0.1) is 18.0 Å². The lowest BCUT2D eigenvalue weighted by atomic mass is 10.0. The first-order chi connectivity index (χ1) is 13.8. The van der Waals surface area contributed by atoms with Crippen LogP contribution in [0.3, 0.4) is 0 Å². The molecule has 1 aromatic carbocycles. The van der Waals surface area contributed by atoms with Gasteiger partial charge in [0, 0.05) is 13.1 Å². The predicted octanol–water partition coefficient (Wildman–Crippen LogP) is 2.42. The van der Waals surface area contributed by atoms with E-state index in [1.807, 2.05) is 43.0 Å². The summed E-state index contributed by atoms with van der Waals surface area (Å²) in [6.45, 7) is 9.66. The number of amides is 1.